The molecule has 0 unspecified atom stereocenters. The molecule has 6 nitrogen and oxygen atoms in total. The van der Waals surface area contributed by atoms with Gasteiger partial charge in [0.15, 0.2) is 0 Å². The molecule has 1 heterocycles. The summed E-state index contributed by atoms with van der Waals surface area (Å²) in [5, 5.41) is 7.25. The Morgan fingerprint density at radius 1 is 1.25 bits per heavy atom. The summed E-state index contributed by atoms with van der Waals surface area (Å²) in [6.45, 7) is 1.01. The summed E-state index contributed by atoms with van der Waals surface area (Å²) in [5.41, 5.74) is 9.35. The molecule has 102 valence electrons. The smallest absolute Gasteiger partial charge is 0.269 e. The van der Waals surface area contributed by atoms with Gasteiger partial charge in [-0.2, -0.15) is 0 Å². The fourth-order valence-electron chi connectivity index (χ4n) is 1.84. The van der Waals surface area contributed by atoms with E-state index >= 15 is 0 Å². The highest BCUT2D eigenvalue weighted by Crippen LogP contribution is 2.11. The first kappa shape index (κ1) is 13.8. The zero-order valence-electron chi connectivity index (χ0n) is 11.0. The van der Waals surface area contributed by atoms with E-state index in [-0.39, 0.29) is 5.91 Å². The van der Waals surface area contributed by atoms with E-state index in [4.69, 9.17) is 5.53 Å². The van der Waals surface area contributed by atoms with Gasteiger partial charge in [0.25, 0.3) is 5.91 Å². The summed E-state index contributed by atoms with van der Waals surface area (Å²) in [7, 11) is 0. The molecular weight excluding hydrogens is 254 g/mol. The molecular formula is C14H15N5O. The Labute approximate surface area is 116 Å². The first-order valence-corrected chi connectivity index (χ1v) is 6.46. The Bertz CT molecular complexity index is 649. The summed E-state index contributed by atoms with van der Waals surface area (Å²) in [6, 6.07) is 11.3. The number of para-hydroxylation sites is 1. The van der Waals surface area contributed by atoms with Gasteiger partial charge in [0.1, 0.15) is 5.69 Å². The van der Waals surface area contributed by atoms with Crippen molar-refractivity contribution in [2.75, 3.05) is 13.1 Å². The highest BCUT2D eigenvalue weighted by Gasteiger charge is 2.06. The number of aromatic nitrogens is 1. The van der Waals surface area contributed by atoms with E-state index in [1.807, 2.05) is 30.3 Å². The maximum absolute atomic E-state index is 11.9. The fraction of sp³-hybridized carbons (Fsp3) is 0.286. The molecule has 6 heteroatoms. The minimum absolute atomic E-state index is 0.181. The van der Waals surface area contributed by atoms with Crippen molar-refractivity contribution in [2.24, 2.45) is 5.11 Å². The number of hydrogen-bond acceptors (Lipinski definition) is 3. The van der Waals surface area contributed by atoms with Crippen molar-refractivity contribution in [2.45, 2.75) is 12.8 Å². The number of nitrogens with one attached hydrogen (secondary N) is 1. The SMILES string of the molecule is [N-]=[N+]=NCCCCNC(=O)c1ccc2ccccc2n1. The molecule has 2 aromatic rings. The van der Waals surface area contributed by atoms with Gasteiger partial charge in [-0.1, -0.05) is 29.4 Å². The van der Waals surface area contributed by atoms with Crippen LogP contribution in [-0.2, 0) is 0 Å². The number of benzene rings is 1. The molecule has 0 saturated heterocycles. The van der Waals surface area contributed by atoms with E-state index in [1.54, 1.807) is 6.07 Å². The van der Waals surface area contributed by atoms with Crippen molar-refractivity contribution in [1.82, 2.24) is 10.3 Å². The van der Waals surface area contributed by atoms with Crippen LogP contribution in [0.5, 0.6) is 0 Å². The molecule has 2 rings (SSSR count). The highest BCUT2D eigenvalue weighted by molar-refractivity contribution is 5.94. The number of amides is 1. The Morgan fingerprint density at radius 2 is 2.10 bits per heavy atom. The standard InChI is InChI=1S/C14H15N5O/c15-19-17-10-4-3-9-16-14(20)13-8-7-11-5-1-2-6-12(11)18-13/h1-2,5-8H,3-4,9-10H2,(H,16,20). The molecule has 20 heavy (non-hydrogen) atoms. The molecule has 1 aromatic carbocycles. The second-order valence-electron chi connectivity index (χ2n) is 4.31. The number of hydrogen-bond donors (Lipinski definition) is 1. The van der Waals surface area contributed by atoms with Gasteiger partial charge < -0.3 is 5.32 Å². The lowest BCUT2D eigenvalue weighted by atomic mass is 10.2. The molecule has 0 bridgehead atoms. The quantitative estimate of drug-likeness (QED) is 0.378. The number of rotatable bonds is 6. The van der Waals surface area contributed by atoms with Crippen LogP contribution in [0.1, 0.15) is 23.3 Å². The third-order valence-electron chi connectivity index (χ3n) is 2.86. The summed E-state index contributed by atoms with van der Waals surface area (Å²) in [6.07, 6.45) is 1.54. The fourth-order valence-corrected chi connectivity index (χ4v) is 1.84. The second kappa shape index (κ2) is 7.11. The predicted molar refractivity (Wildman–Crippen MR) is 77.3 cm³/mol. The van der Waals surface area contributed by atoms with Crippen molar-refractivity contribution >= 4 is 16.8 Å². The first-order valence-electron chi connectivity index (χ1n) is 6.46. The Morgan fingerprint density at radius 3 is 2.95 bits per heavy atom. The van der Waals surface area contributed by atoms with E-state index in [0.29, 0.717) is 18.8 Å². The zero-order chi connectivity index (χ0) is 14.2. The average molecular weight is 269 g/mol. The summed E-state index contributed by atoms with van der Waals surface area (Å²) in [5.74, 6) is -0.181. The number of carbonyl (C=O) groups excluding carboxylic acids is 1. The van der Waals surface area contributed by atoms with Crippen LogP contribution in [0.4, 0.5) is 0 Å². The Balaban J connectivity index is 1.89. The van der Waals surface area contributed by atoms with Crippen molar-refractivity contribution in [3.05, 3.63) is 52.5 Å². The van der Waals surface area contributed by atoms with E-state index < -0.39 is 0 Å². The van der Waals surface area contributed by atoms with Gasteiger partial charge in [0.2, 0.25) is 0 Å². The molecule has 0 saturated carbocycles. The van der Waals surface area contributed by atoms with Crippen LogP contribution >= 0.6 is 0 Å². The van der Waals surface area contributed by atoms with Gasteiger partial charge in [0, 0.05) is 23.4 Å². The molecule has 0 aliphatic rings. The predicted octanol–water partition coefficient (Wildman–Crippen LogP) is 3.06. The maximum Gasteiger partial charge on any atom is 0.269 e. The third kappa shape index (κ3) is 3.70. The minimum Gasteiger partial charge on any atom is -0.351 e. The molecule has 0 fully saturated rings. The van der Waals surface area contributed by atoms with Crippen molar-refractivity contribution in [3.63, 3.8) is 0 Å². The minimum atomic E-state index is -0.181. The van der Waals surface area contributed by atoms with E-state index in [2.05, 4.69) is 20.3 Å². The van der Waals surface area contributed by atoms with Gasteiger partial charge in [-0.05, 0) is 30.5 Å². The first-order chi connectivity index (χ1) is 9.81. The number of pyridine rings is 1. The molecule has 1 aromatic heterocycles. The topological polar surface area (TPSA) is 90.8 Å². The van der Waals surface area contributed by atoms with Crippen LogP contribution in [0.2, 0.25) is 0 Å². The van der Waals surface area contributed by atoms with Gasteiger partial charge in [0.05, 0.1) is 5.52 Å². The van der Waals surface area contributed by atoms with Gasteiger partial charge in [-0.25, -0.2) is 4.98 Å². The lowest BCUT2D eigenvalue weighted by Crippen LogP contribution is -2.25. The number of carbonyl (C=O) groups is 1. The van der Waals surface area contributed by atoms with Gasteiger partial charge >= 0.3 is 0 Å². The maximum atomic E-state index is 11.9. The van der Waals surface area contributed by atoms with Crippen LogP contribution in [0, 0.1) is 0 Å². The Kier molecular flexibility index (Phi) is 4.92. The molecule has 1 amide bonds. The highest BCUT2D eigenvalue weighted by atomic mass is 16.1. The average Bonchev–Trinajstić information content (AvgIpc) is 2.50. The number of unbranched alkanes of at least 4 members (excludes halogenated alkanes) is 1. The van der Waals surface area contributed by atoms with Gasteiger partial charge in [-0.3, -0.25) is 4.79 Å². The normalized spacial score (nSPS) is 10.0. The van der Waals surface area contributed by atoms with Crippen molar-refractivity contribution < 1.29 is 4.79 Å². The third-order valence-corrected chi connectivity index (χ3v) is 2.86. The lowest BCUT2D eigenvalue weighted by Gasteiger charge is -2.05. The van der Waals surface area contributed by atoms with E-state index in [9.17, 15) is 4.79 Å². The van der Waals surface area contributed by atoms with Crippen LogP contribution in [-0.4, -0.2) is 24.0 Å². The lowest BCUT2D eigenvalue weighted by molar-refractivity contribution is 0.0948. The molecule has 0 radical (unpaired) electrons. The van der Waals surface area contributed by atoms with Crippen LogP contribution < -0.4 is 5.32 Å². The molecule has 0 aliphatic heterocycles. The number of nitrogens with zero attached hydrogens (tertiary/aromatic N) is 4. The molecule has 0 aliphatic carbocycles. The summed E-state index contributed by atoms with van der Waals surface area (Å²) in [4.78, 5) is 18.9. The molecule has 1 N–H and O–H groups in total. The van der Waals surface area contributed by atoms with Crippen LogP contribution in [0.25, 0.3) is 21.3 Å². The summed E-state index contributed by atoms with van der Waals surface area (Å²) < 4.78 is 0. The van der Waals surface area contributed by atoms with Crippen molar-refractivity contribution in [1.29, 1.82) is 0 Å². The summed E-state index contributed by atoms with van der Waals surface area (Å²) >= 11 is 0. The second-order valence-corrected chi connectivity index (χ2v) is 4.31. The van der Waals surface area contributed by atoms with Crippen LogP contribution in [0.3, 0.4) is 0 Å². The van der Waals surface area contributed by atoms with E-state index in [1.165, 1.54) is 0 Å². The molecule has 0 spiro atoms. The zero-order valence-corrected chi connectivity index (χ0v) is 11.0. The monoisotopic (exact) mass is 269 g/mol. The van der Waals surface area contributed by atoms with Crippen molar-refractivity contribution in [3.8, 4) is 0 Å². The number of azide groups is 1. The molecule has 0 atom stereocenters. The van der Waals surface area contributed by atoms with Crippen LogP contribution in [0.15, 0.2) is 41.5 Å². The number of fused-ring (bicyclic) bond motifs is 1. The largest absolute Gasteiger partial charge is 0.351 e. The van der Waals surface area contributed by atoms with Gasteiger partial charge in [-0.15, -0.1) is 0 Å². The van der Waals surface area contributed by atoms with E-state index in [0.717, 1.165) is 23.7 Å². The Hall–Kier alpha value is -2.59.